The summed E-state index contributed by atoms with van der Waals surface area (Å²) >= 11 is 0. The first kappa shape index (κ1) is 31.5. The standard InChI is InChI=1S/C35H44FN5O5/c1-34(2,3)46-33(43)41-26-8-6-23(15-26)30(41)32(42)38-25(17-37)14-21-4-5-22(16-28(21)36)29-9-7-24-18-45-35(31(24)39-29)10-12-40(13-11-35)27-19-44-20-27/h4-5,7,9,16,23,25-27,30,32,38,42H,6,8,10-15,18-20H2,1-3H3/t23-,25-,26+,30-,32?/m0/s1. The molecule has 1 aliphatic carbocycles. The summed E-state index contributed by atoms with van der Waals surface area (Å²) in [6.07, 6.45) is 2.77. The zero-order valence-corrected chi connectivity index (χ0v) is 26.9. The van der Waals surface area contributed by atoms with Gasteiger partial charge in [0.05, 0.1) is 49.4 Å². The van der Waals surface area contributed by atoms with Gasteiger partial charge in [-0.05, 0) is 76.5 Å². The Labute approximate surface area is 269 Å². The Balaban J connectivity index is 1.02. The van der Waals surface area contributed by atoms with Crippen molar-refractivity contribution in [1.82, 2.24) is 20.1 Å². The van der Waals surface area contributed by atoms with Gasteiger partial charge in [-0.1, -0.05) is 18.2 Å². The summed E-state index contributed by atoms with van der Waals surface area (Å²) in [5, 5.41) is 24.2. The van der Waals surface area contributed by atoms with Gasteiger partial charge in [0, 0.05) is 36.7 Å². The van der Waals surface area contributed by atoms with Gasteiger partial charge in [0.2, 0.25) is 0 Å². The fraction of sp³-hybridized carbons (Fsp3) is 0.629. The van der Waals surface area contributed by atoms with Crippen molar-refractivity contribution in [2.45, 2.75) is 108 Å². The van der Waals surface area contributed by atoms with Crippen molar-refractivity contribution in [3.8, 4) is 17.3 Å². The Kier molecular flexibility index (Phi) is 8.31. The third kappa shape index (κ3) is 5.90. The number of nitrogens with zero attached hydrogens (tertiary/aromatic N) is 4. The first-order valence-corrected chi connectivity index (χ1v) is 16.6. The van der Waals surface area contributed by atoms with Crippen LogP contribution in [-0.4, -0.2) is 88.3 Å². The van der Waals surface area contributed by atoms with Crippen molar-refractivity contribution in [1.29, 1.82) is 5.26 Å². The predicted octanol–water partition coefficient (Wildman–Crippen LogP) is 4.24. The summed E-state index contributed by atoms with van der Waals surface area (Å²) in [6.45, 7) is 9.46. The number of aliphatic hydroxyl groups is 1. The average Bonchev–Trinajstić information content (AvgIpc) is 3.71. The third-order valence-corrected chi connectivity index (χ3v) is 10.5. The first-order chi connectivity index (χ1) is 22.0. The number of nitriles is 1. The minimum absolute atomic E-state index is 0.0105. The molecule has 10 nitrogen and oxygen atoms in total. The molecule has 2 N–H and O–H groups in total. The number of pyridine rings is 1. The maximum Gasteiger partial charge on any atom is 0.410 e. The Morgan fingerprint density at radius 3 is 2.67 bits per heavy atom. The number of aromatic nitrogens is 1. The highest BCUT2D eigenvalue weighted by Crippen LogP contribution is 2.45. The molecule has 46 heavy (non-hydrogen) atoms. The van der Waals surface area contributed by atoms with E-state index in [1.54, 1.807) is 11.0 Å². The molecular formula is C35H44FN5O5. The predicted molar refractivity (Wildman–Crippen MR) is 167 cm³/mol. The number of carbonyl (C=O) groups excluding carboxylic acids is 1. The second kappa shape index (κ2) is 12.1. The minimum Gasteiger partial charge on any atom is -0.444 e. The third-order valence-electron chi connectivity index (χ3n) is 10.5. The van der Waals surface area contributed by atoms with E-state index in [0.29, 0.717) is 29.5 Å². The number of benzene rings is 1. The number of hydrogen-bond donors (Lipinski definition) is 2. The highest BCUT2D eigenvalue weighted by molar-refractivity contribution is 5.70. The molecule has 11 heteroatoms. The summed E-state index contributed by atoms with van der Waals surface area (Å²) in [5.74, 6) is -0.321. The lowest BCUT2D eigenvalue weighted by molar-refractivity contribution is -0.120. The molecule has 1 saturated carbocycles. The maximum absolute atomic E-state index is 15.6. The van der Waals surface area contributed by atoms with E-state index in [0.717, 1.165) is 69.7 Å². The van der Waals surface area contributed by atoms with E-state index < -0.39 is 41.4 Å². The van der Waals surface area contributed by atoms with E-state index in [2.05, 4.69) is 16.3 Å². The lowest BCUT2D eigenvalue weighted by Gasteiger charge is -2.44. The van der Waals surface area contributed by atoms with Gasteiger partial charge >= 0.3 is 6.09 Å². The molecule has 1 amide bonds. The minimum atomic E-state index is -1.14. The fourth-order valence-corrected chi connectivity index (χ4v) is 8.07. The lowest BCUT2D eigenvalue weighted by Crippen LogP contribution is -2.57. The number of amides is 1. The highest BCUT2D eigenvalue weighted by atomic mass is 19.1. The number of nitrogens with one attached hydrogen (secondary N) is 1. The molecule has 5 heterocycles. The van der Waals surface area contributed by atoms with Crippen LogP contribution in [0.25, 0.3) is 11.3 Å². The van der Waals surface area contributed by atoms with Crippen LogP contribution < -0.4 is 5.32 Å². The molecule has 4 aliphatic heterocycles. The molecule has 5 aliphatic rings. The normalized spacial score (nSPS) is 26.9. The van der Waals surface area contributed by atoms with Crippen molar-refractivity contribution in [2.24, 2.45) is 5.92 Å². The highest BCUT2D eigenvalue weighted by Gasteiger charge is 2.52. The van der Waals surface area contributed by atoms with Gasteiger partial charge in [-0.25, -0.2) is 14.2 Å². The van der Waals surface area contributed by atoms with E-state index in [9.17, 15) is 15.2 Å². The molecule has 3 saturated heterocycles. The number of piperidine rings is 2. The van der Waals surface area contributed by atoms with E-state index in [-0.39, 0.29) is 18.4 Å². The Bertz CT molecular complexity index is 1510. The van der Waals surface area contributed by atoms with Gasteiger partial charge in [0.25, 0.3) is 0 Å². The number of ether oxygens (including phenoxy) is 3. The van der Waals surface area contributed by atoms with Crippen LogP contribution in [0.1, 0.15) is 69.7 Å². The van der Waals surface area contributed by atoms with Crippen LogP contribution >= 0.6 is 0 Å². The van der Waals surface area contributed by atoms with Gasteiger partial charge < -0.3 is 19.3 Å². The Morgan fingerprint density at radius 2 is 2.00 bits per heavy atom. The number of likely N-dealkylation sites (tertiary alicyclic amines) is 2. The Hall–Kier alpha value is -3.14. The molecule has 4 fully saturated rings. The number of hydrogen-bond acceptors (Lipinski definition) is 9. The molecule has 5 atom stereocenters. The number of aliphatic hydroxyl groups excluding tert-OH is 1. The van der Waals surface area contributed by atoms with Gasteiger partial charge in [0.15, 0.2) is 0 Å². The van der Waals surface area contributed by atoms with Crippen LogP contribution in [0.2, 0.25) is 0 Å². The number of halogens is 1. The summed E-state index contributed by atoms with van der Waals surface area (Å²) in [6, 6.07) is 10.3. The molecule has 1 unspecified atom stereocenters. The number of fused-ring (bicyclic) bond motifs is 4. The van der Waals surface area contributed by atoms with Crippen molar-refractivity contribution >= 4 is 6.09 Å². The zero-order chi connectivity index (χ0) is 32.2. The van der Waals surface area contributed by atoms with Gasteiger partial charge in [-0.15, -0.1) is 0 Å². The molecule has 1 aromatic heterocycles. The number of rotatable bonds is 7. The van der Waals surface area contributed by atoms with Crippen LogP contribution in [0.15, 0.2) is 30.3 Å². The van der Waals surface area contributed by atoms with Crippen molar-refractivity contribution in [3.63, 3.8) is 0 Å². The molecule has 246 valence electrons. The van der Waals surface area contributed by atoms with E-state index >= 15 is 4.39 Å². The first-order valence-electron chi connectivity index (χ1n) is 16.6. The summed E-state index contributed by atoms with van der Waals surface area (Å²) in [4.78, 5) is 22.2. The lowest BCUT2D eigenvalue weighted by atomic mass is 9.86. The quantitative estimate of drug-likeness (QED) is 0.432. The van der Waals surface area contributed by atoms with Crippen LogP contribution in [-0.2, 0) is 32.8 Å². The smallest absolute Gasteiger partial charge is 0.410 e. The largest absolute Gasteiger partial charge is 0.444 e. The summed E-state index contributed by atoms with van der Waals surface area (Å²) < 4.78 is 32.9. The molecule has 1 spiro atoms. The SMILES string of the molecule is CC(C)(C)OC(=O)N1[C@@H]2CC[C@@H](C2)[C@H]1C(O)N[C@H](C#N)Cc1ccc(-c2ccc3c(n2)C2(CCN(C4COC4)CC2)OC3)cc1F. The van der Waals surface area contributed by atoms with Gasteiger partial charge in [-0.2, -0.15) is 5.26 Å². The van der Waals surface area contributed by atoms with Crippen molar-refractivity contribution in [2.75, 3.05) is 26.3 Å². The summed E-state index contributed by atoms with van der Waals surface area (Å²) in [7, 11) is 0. The van der Waals surface area contributed by atoms with Crippen LogP contribution in [0, 0.1) is 23.1 Å². The number of carbonyl (C=O) groups is 1. The van der Waals surface area contributed by atoms with Crippen LogP contribution in [0.5, 0.6) is 0 Å². The monoisotopic (exact) mass is 633 g/mol. The summed E-state index contributed by atoms with van der Waals surface area (Å²) in [5.41, 5.74) is 2.69. The van der Waals surface area contributed by atoms with Crippen molar-refractivity contribution in [3.05, 3.63) is 53.0 Å². The second-order valence-corrected chi connectivity index (χ2v) is 14.6. The Morgan fingerprint density at radius 1 is 1.22 bits per heavy atom. The van der Waals surface area contributed by atoms with E-state index in [4.69, 9.17) is 19.2 Å². The second-order valence-electron chi connectivity index (χ2n) is 14.6. The van der Waals surface area contributed by atoms with Crippen LogP contribution in [0.3, 0.4) is 0 Å². The van der Waals surface area contributed by atoms with E-state index in [1.165, 1.54) is 6.07 Å². The van der Waals surface area contributed by atoms with Gasteiger partial charge in [0.1, 0.15) is 29.3 Å². The van der Waals surface area contributed by atoms with Gasteiger partial charge in [-0.3, -0.25) is 15.1 Å². The molecule has 7 rings (SSSR count). The van der Waals surface area contributed by atoms with E-state index in [1.807, 2.05) is 39.0 Å². The topological polar surface area (TPSA) is 120 Å². The fourth-order valence-electron chi connectivity index (χ4n) is 8.07. The maximum atomic E-state index is 15.6. The molecule has 0 radical (unpaired) electrons. The average molecular weight is 634 g/mol. The molecule has 1 aromatic carbocycles. The zero-order valence-electron chi connectivity index (χ0n) is 26.9. The molecular weight excluding hydrogens is 589 g/mol. The molecule has 2 bridgehead atoms. The van der Waals surface area contributed by atoms with Crippen LogP contribution in [0.4, 0.5) is 9.18 Å². The molecule has 2 aromatic rings. The van der Waals surface area contributed by atoms with Crippen molar-refractivity contribution < 1.29 is 28.5 Å².